The van der Waals surface area contributed by atoms with Crippen molar-refractivity contribution in [1.82, 2.24) is 0 Å². The summed E-state index contributed by atoms with van der Waals surface area (Å²) < 4.78 is 33.2. The Morgan fingerprint density at radius 2 is 0.980 bits per heavy atom. The van der Waals surface area contributed by atoms with Crippen LogP contribution in [0.25, 0.3) is 0 Å². The number of esters is 2. The van der Waals surface area contributed by atoms with Crippen LogP contribution in [-0.2, 0) is 32.7 Å². The molecule has 0 aromatic heterocycles. The Bertz CT molecular complexity index is 825. The second-order valence-corrected chi connectivity index (χ2v) is 16.0. The molecule has 0 saturated carbocycles. The number of phosphoric acid groups is 1. The number of carbonyl (C=O) groups is 2. The number of ether oxygens (including phenoxy) is 2. The fourth-order valence-corrected chi connectivity index (χ4v) is 6.78. The Kier molecular flexibility index (Phi) is 32.2. The minimum Gasteiger partial charge on any atom is -0.756 e. The van der Waals surface area contributed by atoms with Crippen LogP contribution in [0.4, 0.5) is 0 Å². The second kappa shape index (κ2) is 32.9. The molecule has 0 aromatic rings. The molecular formula is C39H78NO8P. The van der Waals surface area contributed by atoms with E-state index >= 15 is 0 Å². The minimum atomic E-state index is -4.34. The third kappa shape index (κ3) is 33.9. The number of hydrogen-bond acceptors (Lipinski definition) is 8. The summed E-state index contributed by atoms with van der Waals surface area (Å²) in [5.74, 6) is -0.558. The summed E-state index contributed by atoms with van der Waals surface area (Å²) in [4.78, 5) is 37.1. The standard InChI is InChI=1S/C39H78NO8P/c1-6-9-11-13-15-17-19-20-22-24-26-28-30-32-39(42)48-37(35-40(4,5)33-34-47-49(43,44)46-8-3)36-45-38(41)31-29-27-25-23-21-18-16-14-12-10-7-2/h37H,6-36H2,1-5H3. The number of phosphoric ester groups is 1. The van der Waals surface area contributed by atoms with Crippen LogP contribution in [-0.4, -0.2) is 69.5 Å². The molecule has 49 heavy (non-hydrogen) atoms. The first-order valence-corrected chi connectivity index (χ1v) is 21.8. The molecule has 0 spiro atoms. The van der Waals surface area contributed by atoms with Gasteiger partial charge in [0.1, 0.15) is 26.3 Å². The van der Waals surface area contributed by atoms with E-state index in [0.717, 1.165) is 38.5 Å². The fraction of sp³-hybridized carbons (Fsp3) is 0.949. The van der Waals surface area contributed by atoms with Gasteiger partial charge >= 0.3 is 11.9 Å². The average Bonchev–Trinajstić information content (AvgIpc) is 3.04. The molecule has 0 amide bonds. The van der Waals surface area contributed by atoms with E-state index in [-0.39, 0.29) is 31.8 Å². The molecule has 0 fully saturated rings. The molecular weight excluding hydrogens is 641 g/mol. The molecule has 10 heteroatoms. The molecule has 292 valence electrons. The number of quaternary nitrogens is 1. The van der Waals surface area contributed by atoms with Crippen molar-refractivity contribution in [2.24, 2.45) is 0 Å². The fourth-order valence-electron chi connectivity index (χ4n) is 6.09. The lowest BCUT2D eigenvalue weighted by molar-refractivity contribution is -0.893. The normalized spacial score (nSPS) is 13.7. The van der Waals surface area contributed by atoms with Gasteiger partial charge < -0.3 is 27.9 Å². The molecule has 0 heterocycles. The molecule has 0 radical (unpaired) electrons. The molecule has 9 nitrogen and oxygen atoms in total. The molecule has 0 saturated heterocycles. The van der Waals surface area contributed by atoms with Crippen molar-refractivity contribution in [3.05, 3.63) is 0 Å². The van der Waals surface area contributed by atoms with E-state index in [1.807, 2.05) is 14.1 Å². The van der Waals surface area contributed by atoms with Gasteiger partial charge in [-0.2, -0.15) is 0 Å². The number of carbonyl (C=O) groups excluding carboxylic acids is 2. The molecule has 0 aliphatic rings. The van der Waals surface area contributed by atoms with Crippen LogP contribution in [0.15, 0.2) is 0 Å². The van der Waals surface area contributed by atoms with Crippen molar-refractivity contribution in [3.8, 4) is 0 Å². The number of nitrogens with zero attached hydrogens (tertiary/aromatic N) is 1. The van der Waals surface area contributed by atoms with Crippen LogP contribution < -0.4 is 4.89 Å². The predicted molar refractivity (Wildman–Crippen MR) is 199 cm³/mol. The van der Waals surface area contributed by atoms with E-state index in [2.05, 4.69) is 18.4 Å². The van der Waals surface area contributed by atoms with Gasteiger partial charge in [-0.25, -0.2) is 0 Å². The van der Waals surface area contributed by atoms with Gasteiger partial charge in [0, 0.05) is 12.8 Å². The lowest BCUT2D eigenvalue weighted by atomic mass is 10.0. The largest absolute Gasteiger partial charge is 0.756 e. The van der Waals surface area contributed by atoms with Crippen molar-refractivity contribution in [2.75, 3.05) is 47.0 Å². The number of hydrogen-bond donors (Lipinski definition) is 0. The summed E-state index contributed by atoms with van der Waals surface area (Å²) in [6.07, 6.45) is 29.5. The first-order chi connectivity index (χ1) is 23.5. The highest BCUT2D eigenvalue weighted by Crippen LogP contribution is 2.37. The molecule has 0 bridgehead atoms. The molecule has 0 aliphatic heterocycles. The van der Waals surface area contributed by atoms with Crippen molar-refractivity contribution in [1.29, 1.82) is 0 Å². The Labute approximate surface area is 302 Å². The van der Waals surface area contributed by atoms with Crippen LogP contribution in [0.5, 0.6) is 0 Å². The topological polar surface area (TPSA) is 111 Å². The Balaban J connectivity index is 4.51. The Morgan fingerprint density at radius 3 is 1.39 bits per heavy atom. The minimum absolute atomic E-state index is 0.0112. The lowest BCUT2D eigenvalue weighted by Gasteiger charge is -2.33. The number of likely N-dealkylation sites (N-methyl/N-ethyl adjacent to an activating group) is 1. The molecule has 0 aromatic carbocycles. The number of rotatable bonds is 37. The van der Waals surface area contributed by atoms with Gasteiger partial charge in [0.25, 0.3) is 7.82 Å². The maximum Gasteiger partial charge on any atom is 0.306 e. The Hall–Kier alpha value is -0.990. The van der Waals surface area contributed by atoms with Crippen molar-refractivity contribution < 1.29 is 42.1 Å². The third-order valence-electron chi connectivity index (χ3n) is 9.13. The predicted octanol–water partition coefficient (Wildman–Crippen LogP) is 10.2. The van der Waals surface area contributed by atoms with Gasteiger partial charge in [-0.15, -0.1) is 0 Å². The quantitative estimate of drug-likeness (QED) is 0.0270. The first-order valence-electron chi connectivity index (χ1n) is 20.3. The zero-order chi connectivity index (χ0) is 36.5. The van der Waals surface area contributed by atoms with Crippen molar-refractivity contribution in [2.45, 2.75) is 194 Å². The average molecular weight is 720 g/mol. The van der Waals surface area contributed by atoms with Crippen LogP contribution in [0, 0.1) is 0 Å². The van der Waals surface area contributed by atoms with Crippen LogP contribution in [0.3, 0.4) is 0 Å². The van der Waals surface area contributed by atoms with E-state index in [4.69, 9.17) is 14.0 Å². The van der Waals surface area contributed by atoms with Crippen LogP contribution in [0.2, 0.25) is 0 Å². The molecule has 2 unspecified atom stereocenters. The highest BCUT2D eigenvalue weighted by atomic mass is 31.2. The molecule has 0 aliphatic carbocycles. The maximum atomic E-state index is 12.8. The lowest BCUT2D eigenvalue weighted by Crippen LogP contribution is -2.49. The van der Waals surface area contributed by atoms with Gasteiger partial charge in [-0.1, -0.05) is 155 Å². The van der Waals surface area contributed by atoms with Crippen LogP contribution in [0.1, 0.15) is 188 Å². The summed E-state index contributed by atoms with van der Waals surface area (Å²) in [6, 6.07) is 0. The molecule has 0 N–H and O–H groups in total. The highest BCUT2D eigenvalue weighted by molar-refractivity contribution is 7.45. The molecule has 2 atom stereocenters. The van der Waals surface area contributed by atoms with E-state index in [0.29, 0.717) is 30.4 Å². The van der Waals surface area contributed by atoms with Gasteiger partial charge in [-0.05, 0) is 19.8 Å². The van der Waals surface area contributed by atoms with Gasteiger partial charge in [0.15, 0.2) is 6.10 Å². The highest BCUT2D eigenvalue weighted by Gasteiger charge is 2.27. The summed E-state index contributed by atoms with van der Waals surface area (Å²) >= 11 is 0. The summed E-state index contributed by atoms with van der Waals surface area (Å²) in [5, 5.41) is 0. The van der Waals surface area contributed by atoms with E-state index in [1.54, 1.807) is 6.92 Å². The summed E-state index contributed by atoms with van der Waals surface area (Å²) in [5.41, 5.74) is 0. The first kappa shape index (κ1) is 48.0. The van der Waals surface area contributed by atoms with Gasteiger partial charge in [-0.3, -0.25) is 14.2 Å². The van der Waals surface area contributed by atoms with E-state index in [1.165, 1.54) is 116 Å². The zero-order valence-corrected chi connectivity index (χ0v) is 33.6. The SMILES string of the molecule is CCCCCCCCCCCCCCCC(=O)OC(COC(=O)CCCCCCCCCCCCC)C[N+](C)(C)CCOP(=O)([O-])OCC. The van der Waals surface area contributed by atoms with Gasteiger partial charge in [0.2, 0.25) is 0 Å². The molecule has 0 rings (SSSR count). The Morgan fingerprint density at radius 1 is 0.592 bits per heavy atom. The van der Waals surface area contributed by atoms with E-state index < -0.39 is 13.9 Å². The summed E-state index contributed by atoms with van der Waals surface area (Å²) in [6.45, 7) is 6.73. The zero-order valence-electron chi connectivity index (χ0n) is 32.7. The number of unbranched alkanes of at least 4 members (excludes halogenated alkanes) is 22. The van der Waals surface area contributed by atoms with Gasteiger partial charge in [0.05, 0.1) is 20.7 Å². The maximum absolute atomic E-state index is 12.8. The second-order valence-electron chi connectivity index (χ2n) is 14.6. The third-order valence-corrected chi connectivity index (χ3v) is 10.2. The van der Waals surface area contributed by atoms with Crippen molar-refractivity contribution >= 4 is 19.8 Å². The van der Waals surface area contributed by atoms with Crippen molar-refractivity contribution in [3.63, 3.8) is 0 Å². The van der Waals surface area contributed by atoms with E-state index in [9.17, 15) is 19.0 Å². The monoisotopic (exact) mass is 720 g/mol. The summed E-state index contributed by atoms with van der Waals surface area (Å²) in [7, 11) is -0.531. The smallest absolute Gasteiger partial charge is 0.306 e. The van der Waals surface area contributed by atoms with Crippen LogP contribution >= 0.6 is 7.82 Å².